The average molecular weight is 448 g/mol. The van der Waals surface area contributed by atoms with Crippen LogP contribution in [0.15, 0.2) is 66.9 Å². The molecule has 2 heterocycles. The van der Waals surface area contributed by atoms with Crippen molar-refractivity contribution in [2.75, 3.05) is 35.7 Å². The molecular weight excluding hydrogens is 423 g/mol. The van der Waals surface area contributed by atoms with E-state index in [1.165, 1.54) is 12.1 Å². The SMILES string of the molecule is COc1ccccc1NC(=O)c1ccnc(N2CCC(C(=O)Nc3cccc(F)c3)CC2)c1. The van der Waals surface area contributed by atoms with Crippen molar-refractivity contribution in [2.24, 2.45) is 5.92 Å². The van der Waals surface area contributed by atoms with Crippen LogP contribution in [0, 0.1) is 11.7 Å². The lowest BCUT2D eigenvalue weighted by Crippen LogP contribution is -2.38. The van der Waals surface area contributed by atoms with Gasteiger partial charge in [-0.25, -0.2) is 9.37 Å². The first-order valence-corrected chi connectivity index (χ1v) is 10.8. The van der Waals surface area contributed by atoms with Gasteiger partial charge in [0.1, 0.15) is 17.4 Å². The Balaban J connectivity index is 1.36. The van der Waals surface area contributed by atoms with Crippen LogP contribution in [0.5, 0.6) is 5.75 Å². The molecule has 4 rings (SSSR count). The van der Waals surface area contributed by atoms with E-state index in [0.29, 0.717) is 54.4 Å². The summed E-state index contributed by atoms with van der Waals surface area (Å²) in [5, 5.41) is 5.65. The van der Waals surface area contributed by atoms with E-state index >= 15 is 0 Å². The van der Waals surface area contributed by atoms with Gasteiger partial charge in [0.2, 0.25) is 5.91 Å². The van der Waals surface area contributed by atoms with Crippen LogP contribution < -0.4 is 20.3 Å². The predicted octanol–water partition coefficient (Wildman–Crippen LogP) is 4.34. The van der Waals surface area contributed by atoms with Crippen molar-refractivity contribution in [1.82, 2.24) is 4.98 Å². The maximum absolute atomic E-state index is 13.3. The zero-order valence-corrected chi connectivity index (χ0v) is 18.3. The van der Waals surface area contributed by atoms with E-state index in [9.17, 15) is 14.0 Å². The number of ether oxygens (including phenoxy) is 1. The van der Waals surface area contributed by atoms with Gasteiger partial charge in [0.25, 0.3) is 5.91 Å². The van der Waals surface area contributed by atoms with Crippen LogP contribution in [0.25, 0.3) is 0 Å². The second-order valence-electron chi connectivity index (χ2n) is 7.82. The number of anilines is 3. The van der Waals surface area contributed by atoms with E-state index in [4.69, 9.17) is 4.74 Å². The number of amides is 2. The van der Waals surface area contributed by atoms with Gasteiger partial charge in [0, 0.05) is 36.5 Å². The lowest BCUT2D eigenvalue weighted by Gasteiger charge is -2.32. The van der Waals surface area contributed by atoms with Gasteiger partial charge < -0.3 is 20.3 Å². The summed E-state index contributed by atoms with van der Waals surface area (Å²) in [6.45, 7) is 1.26. The van der Waals surface area contributed by atoms with Crippen molar-refractivity contribution in [1.29, 1.82) is 0 Å². The molecule has 1 saturated heterocycles. The number of carbonyl (C=O) groups excluding carboxylic acids is 2. The molecule has 0 atom stereocenters. The van der Waals surface area contributed by atoms with Crippen molar-refractivity contribution in [3.05, 3.63) is 78.2 Å². The monoisotopic (exact) mass is 448 g/mol. The number of piperidine rings is 1. The van der Waals surface area contributed by atoms with Gasteiger partial charge in [0.05, 0.1) is 12.8 Å². The number of para-hydroxylation sites is 2. The number of halogens is 1. The summed E-state index contributed by atoms with van der Waals surface area (Å²) in [5.74, 6) is 0.348. The molecule has 0 saturated carbocycles. The van der Waals surface area contributed by atoms with Gasteiger partial charge in [-0.2, -0.15) is 0 Å². The predicted molar refractivity (Wildman–Crippen MR) is 125 cm³/mol. The summed E-state index contributed by atoms with van der Waals surface area (Å²) in [7, 11) is 1.55. The highest BCUT2D eigenvalue weighted by Gasteiger charge is 2.26. The first kappa shape index (κ1) is 22.3. The fraction of sp³-hybridized carbons (Fsp3) is 0.240. The summed E-state index contributed by atoms with van der Waals surface area (Å²) in [5.41, 5.74) is 1.53. The first-order valence-electron chi connectivity index (χ1n) is 10.8. The Morgan fingerprint density at radius 1 is 1.03 bits per heavy atom. The number of carbonyl (C=O) groups is 2. The zero-order chi connectivity index (χ0) is 23.2. The maximum Gasteiger partial charge on any atom is 0.255 e. The Bertz CT molecular complexity index is 1150. The molecule has 0 aliphatic carbocycles. The Labute approximate surface area is 191 Å². The third kappa shape index (κ3) is 5.46. The van der Waals surface area contributed by atoms with Crippen LogP contribution >= 0.6 is 0 Å². The minimum absolute atomic E-state index is 0.113. The summed E-state index contributed by atoms with van der Waals surface area (Å²) in [6.07, 6.45) is 2.89. The number of hydrogen-bond acceptors (Lipinski definition) is 5. The molecule has 0 radical (unpaired) electrons. The van der Waals surface area contributed by atoms with E-state index in [-0.39, 0.29) is 23.5 Å². The fourth-order valence-electron chi connectivity index (χ4n) is 3.86. The van der Waals surface area contributed by atoms with Crippen molar-refractivity contribution in [3.8, 4) is 5.75 Å². The van der Waals surface area contributed by atoms with Crippen molar-refractivity contribution in [3.63, 3.8) is 0 Å². The van der Waals surface area contributed by atoms with Crippen LogP contribution in [0.1, 0.15) is 23.2 Å². The Morgan fingerprint density at radius 3 is 2.58 bits per heavy atom. The quantitative estimate of drug-likeness (QED) is 0.586. The van der Waals surface area contributed by atoms with Crippen LogP contribution in [-0.2, 0) is 4.79 Å². The lowest BCUT2D eigenvalue weighted by atomic mass is 9.95. The molecule has 2 amide bonds. The maximum atomic E-state index is 13.3. The molecule has 2 aromatic carbocycles. The molecule has 1 aliphatic heterocycles. The molecule has 3 aromatic rings. The topological polar surface area (TPSA) is 83.6 Å². The molecule has 1 aromatic heterocycles. The van der Waals surface area contributed by atoms with E-state index in [1.807, 2.05) is 12.1 Å². The standard InChI is InChI=1S/C25H25FN4O3/c1-33-22-8-3-2-7-21(22)29-25(32)18-9-12-27-23(15-18)30-13-10-17(11-14-30)24(31)28-20-6-4-5-19(26)16-20/h2-9,12,15-17H,10-11,13-14H2,1H3,(H,28,31)(H,29,32). The first-order chi connectivity index (χ1) is 16.0. The van der Waals surface area contributed by atoms with Crippen molar-refractivity contribution >= 4 is 29.0 Å². The van der Waals surface area contributed by atoms with Gasteiger partial charge in [-0.05, 0) is 55.3 Å². The Morgan fingerprint density at radius 2 is 1.82 bits per heavy atom. The second kappa shape index (κ2) is 10.1. The number of methoxy groups -OCH3 is 1. The molecule has 1 aliphatic rings. The van der Waals surface area contributed by atoms with E-state index < -0.39 is 0 Å². The second-order valence-corrected chi connectivity index (χ2v) is 7.82. The van der Waals surface area contributed by atoms with E-state index in [0.717, 1.165) is 0 Å². The number of nitrogens with one attached hydrogen (secondary N) is 2. The molecule has 170 valence electrons. The number of hydrogen-bond donors (Lipinski definition) is 2. The summed E-state index contributed by atoms with van der Waals surface area (Å²) in [6, 6.07) is 16.5. The number of rotatable bonds is 6. The lowest BCUT2D eigenvalue weighted by molar-refractivity contribution is -0.120. The smallest absolute Gasteiger partial charge is 0.255 e. The van der Waals surface area contributed by atoms with Gasteiger partial charge in [-0.3, -0.25) is 9.59 Å². The van der Waals surface area contributed by atoms with Crippen LogP contribution in [0.3, 0.4) is 0 Å². The number of nitrogens with zero attached hydrogens (tertiary/aromatic N) is 2. The summed E-state index contributed by atoms with van der Waals surface area (Å²) in [4.78, 5) is 31.8. The van der Waals surface area contributed by atoms with Crippen molar-refractivity contribution in [2.45, 2.75) is 12.8 Å². The summed E-state index contributed by atoms with van der Waals surface area (Å²) >= 11 is 0. The third-order valence-electron chi connectivity index (χ3n) is 5.64. The Kier molecular flexibility index (Phi) is 6.83. The zero-order valence-electron chi connectivity index (χ0n) is 18.3. The molecule has 8 heteroatoms. The molecule has 33 heavy (non-hydrogen) atoms. The third-order valence-corrected chi connectivity index (χ3v) is 5.64. The molecule has 0 bridgehead atoms. The fourth-order valence-corrected chi connectivity index (χ4v) is 3.86. The highest BCUT2D eigenvalue weighted by Crippen LogP contribution is 2.26. The van der Waals surface area contributed by atoms with E-state index in [2.05, 4.69) is 20.5 Å². The molecule has 2 N–H and O–H groups in total. The van der Waals surface area contributed by atoms with Crippen LogP contribution in [0.2, 0.25) is 0 Å². The van der Waals surface area contributed by atoms with Gasteiger partial charge >= 0.3 is 0 Å². The van der Waals surface area contributed by atoms with Crippen LogP contribution in [0.4, 0.5) is 21.6 Å². The Hall–Kier alpha value is -3.94. The largest absolute Gasteiger partial charge is 0.495 e. The number of aromatic nitrogens is 1. The highest BCUT2D eigenvalue weighted by atomic mass is 19.1. The normalized spacial score (nSPS) is 13.9. The highest BCUT2D eigenvalue weighted by molar-refractivity contribution is 6.05. The molecule has 1 fully saturated rings. The molecule has 0 spiro atoms. The number of pyridine rings is 1. The van der Waals surface area contributed by atoms with Crippen LogP contribution in [-0.4, -0.2) is 37.0 Å². The number of benzene rings is 2. The van der Waals surface area contributed by atoms with Gasteiger partial charge in [0.15, 0.2) is 0 Å². The van der Waals surface area contributed by atoms with Gasteiger partial charge in [-0.1, -0.05) is 18.2 Å². The average Bonchev–Trinajstić information content (AvgIpc) is 2.84. The summed E-state index contributed by atoms with van der Waals surface area (Å²) < 4.78 is 18.6. The van der Waals surface area contributed by atoms with Crippen molar-refractivity contribution < 1.29 is 18.7 Å². The molecular formula is C25H25FN4O3. The molecule has 7 nitrogen and oxygen atoms in total. The van der Waals surface area contributed by atoms with Gasteiger partial charge in [-0.15, -0.1) is 0 Å². The minimum Gasteiger partial charge on any atom is -0.495 e. The minimum atomic E-state index is -0.386. The molecule has 0 unspecified atom stereocenters. The van der Waals surface area contributed by atoms with E-state index in [1.54, 1.807) is 49.7 Å².